The first-order valence-electron chi connectivity index (χ1n) is 3.84. The Morgan fingerprint density at radius 3 is 2.00 bits per heavy atom. The van der Waals surface area contributed by atoms with E-state index in [1.54, 1.807) is 0 Å². The minimum atomic E-state index is 0.162. The molecule has 1 unspecified atom stereocenters. The zero-order valence-electron chi connectivity index (χ0n) is 7.57. The Morgan fingerprint density at radius 1 is 1.50 bits per heavy atom. The fourth-order valence-electron chi connectivity index (χ4n) is 0.803. The third kappa shape index (κ3) is 2.53. The van der Waals surface area contributed by atoms with Crippen molar-refractivity contribution in [1.29, 1.82) is 0 Å². The number of nitrogens with two attached hydrogens (primary N) is 1. The molecular weight excluding hydrogens is 122 g/mol. The van der Waals surface area contributed by atoms with E-state index in [1.165, 1.54) is 0 Å². The standard InChI is InChI=1S/C9H19N/c1-6-8(10)7(2)9(3,4)5/h8H,2,6,10H2,1,3-5H3. The van der Waals surface area contributed by atoms with Crippen molar-refractivity contribution in [1.82, 2.24) is 0 Å². The van der Waals surface area contributed by atoms with E-state index in [0.29, 0.717) is 0 Å². The van der Waals surface area contributed by atoms with Gasteiger partial charge in [-0.15, -0.1) is 0 Å². The van der Waals surface area contributed by atoms with Gasteiger partial charge in [0.05, 0.1) is 0 Å². The molecule has 0 heterocycles. The number of hydrogen-bond acceptors (Lipinski definition) is 1. The largest absolute Gasteiger partial charge is 0.324 e. The van der Waals surface area contributed by atoms with Crippen LogP contribution in [0.5, 0.6) is 0 Å². The zero-order chi connectivity index (χ0) is 8.36. The van der Waals surface area contributed by atoms with Gasteiger partial charge in [-0.2, -0.15) is 0 Å². The van der Waals surface area contributed by atoms with E-state index in [0.717, 1.165) is 12.0 Å². The van der Waals surface area contributed by atoms with Crippen molar-refractivity contribution in [3.05, 3.63) is 12.2 Å². The summed E-state index contributed by atoms with van der Waals surface area (Å²) in [5, 5.41) is 0. The van der Waals surface area contributed by atoms with Crippen molar-refractivity contribution in [3.63, 3.8) is 0 Å². The van der Waals surface area contributed by atoms with Gasteiger partial charge in [-0.1, -0.05) is 39.8 Å². The van der Waals surface area contributed by atoms with Crippen LogP contribution in [0.4, 0.5) is 0 Å². The summed E-state index contributed by atoms with van der Waals surface area (Å²) in [5.41, 5.74) is 7.11. The zero-order valence-corrected chi connectivity index (χ0v) is 7.57. The van der Waals surface area contributed by atoms with Crippen LogP contribution >= 0.6 is 0 Å². The summed E-state index contributed by atoms with van der Waals surface area (Å²) < 4.78 is 0. The van der Waals surface area contributed by atoms with Crippen molar-refractivity contribution in [2.45, 2.75) is 40.2 Å². The van der Waals surface area contributed by atoms with Crippen molar-refractivity contribution >= 4 is 0 Å². The first-order chi connectivity index (χ1) is 4.39. The molecule has 10 heavy (non-hydrogen) atoms. The molecule has 0 bridgehead atoms. The SMILES string of the molecule is C=C(C(N)CC)C(C)(C)C. The fraction of sp³-hybridized carbons (Fsp3) is 0.778. The highest BCUT2D eigenvalue weighted by Crippen LogP contribution is 2.26. The van der Waals surface area contributed by atoms with Crippen LogP contribution in [0.15, 0.2) is 12.2 Å². The Labute approximate surface area is 64.3 Å². The highest BCUT2D eigenvalue weighted by Gasteiger charge is 2.18. The van der Waals surface area contributed by atoms with Crippen LogP contribution in [0.25, 0.3) is 0 Å². The van der Waals surface area contributed by atoms with Gasteiger partial charge in [0.2, 0.25) is 0 Å². The minimum absolute atomic E-state index is 0.162. The van der Waals surface area contributed by atoms with Gasteiger partial charge in [0, 0.05) is 6.04 Å². The Bertz CT molecular complexity index is 119. The van der Waals surface area contributed by atoms with Crippen molar-refractivity contribution in [3.8, 4) is 0 Å². The average Bonchev–Trinajstić information content (AvgIpc) is 1.83. The van der Waals surface area contributed by atoms with Gasteiger partial charge in [0.25, 0.3) is 0 Å². The molecule has 60 valence electrons. The lowest BCUT2D eigenvalue weighted by atomic mass is 9.83. The Morgan fingerprint density at radius 2 is 1.90 bits per heavy atom. The molecule has 0 aromatic carbocycles. The van der Waals surface area contributed by atoms with E-state index in [9.17, 15) is 0 Å². The van der Waals surface area contributed by atoms with E-state index < -0.39 is 0 Å². The molecule has 0 radical (unpaired) electrons. The predicted molar refractivity (Wildman–Crippen MR) is 46.9 cm³/mol. The Balaban J connectivity index is 4.09. The summed E-state index contributed by atoms with van der Waals surface area (Å²) in [6.45, 7) is 12.5. The molecule has 0 spiro atoms. The number of rotatable bonds is 2. The van der Waals surface area contributed by atoms with Gasteiger partial charge in [-0.05, 0) is 11.8 Å². The van der Waals surface area contributed by atoms with Gasteiger partial charge >= 0.3 is 0 Å². The lowest BCUT2D eigenvalue weighted by Gasteiger charge is -2.26. The maximum atomic E-state index is 5.80. The molecule has 1 atom stereocenters. The summed E-state index contributed by atoms with van der Waals surface area (Å²) >= 11 is 0. The van der Waals surface area contributed by atoms with Crippen LogP contribution in [0, 0.1) is 5.41 Å². The third-order valence-corrected chi connectivity index (χ3v) is 1.85. The van der Waals surface area contributed by atoms with E-state index in [-0.39, 0.29) is 11.5 Å². The molecule has 0 aliphatic carbocycles. The highest BCUT2D eigenvalue weighted by atomic mass is 14.6. The van der Waals surface area contributed by atoms with Crippen LogP contribution in [0.3, 0.4) is 0 Å². The molecule has 1 nitrogen and oxygen atoms in total. The van der Waals surface area contributed by atoms with E-state index in [2.05, 4.69) is 34.3 Å². The molecule has 1 heteroatoms. The lowest BCUT2D eigenvalue weighted by molar-refractivity contribution is 0.459. The topological polar surface area (TPSA) is 26.0 Å². The van der Waals surface area contributed by atoms with Crippen molar-refractivity contribution < 1.29 is 0 Å². The summed E-state index contributed by atoms with van der Waals surface area (Å²) in [4.78, 5) is 0. The molecule has 0 aliphatic rings. The van der Waals surface area contributed by atoms with Gasteiger partial charge in [0.1, 0.15) is 0 Å². The van der Waals surface area contributed by atoms with Crippen LogP contribution < -0.4 is 5.73 Å². The second-order valence-corrected chi connectivity index (χ2v) is 3.79. The van der Waals surface area contributed by atoms with Gasteiger partial charge < -0.3 is 5.73 Å². The maximum Gasteiger partial charge on any atom is 0.0253 e. The summed E-state index contributed by atoms with van der Waals surface area (Å²) in [6, 6.07) is 0.167. The van der Waals surface area contributed by atoms with Gasteiger partial charge in [0.15, 0.2) is 0 Å². The van der Waals surface area contributed by atoms with Crippen molar-refractivity contribution in [2.75, 3.05) is 0 Å². The normalized spacial score (nSPS) is 14.9. The minimum Gasteiger partial charge on any atom is -0.324 e. The van der Waals surface area contributed by atoms with E-state index >= 15 is 0 Å². The summed E-state index contributed by atoms with van der Waals surface area (Å²) in [7, 11) is 0. The van der Waals surface area contributed by atoms with Gasteiger partial charge in [-0.25, -0.2) is 0 Å². The predicted octanol–water partition coefficient (Wildman–Crippen LogP) is 2.33. The molecule has 0 saturated carbocycles. The van der Waals surface area contributed by atoms with Gasteiger partial charge in [-0.3, -0.25) is 0 Å². The molecule has 0 aromatic rings. The molecule has 0 aliphatic heterocycles. The smallest absolute Gasteiger partial charge is 0.0253 e. The Kier molecular flexibility index (Phi) is 3.10. The van der Waals surface area contributed by atoms with E-state index in [4.69, 9.17) is 5.73 Å². The molecule has 2 N–H and O–H groups in total. The molecular formula is C9H19N. The molecule has 0 rings (SSSR count). The third-order valence-electron chi connectivity index (χ3n) is 1.85. The first kappa shape index (κ1) is 9.70. The van der Waals surface area contributed by atoms with Crippen LogP contribution in [-0.2, 0) is 0 Å². The number of hydrogen-bond donors (Lipinski definition) is 1. The summed E-state index contributed by atoms with van der Waals surface area (Å²) in [5.74, 6) is 0. The van der Waals surface area contributed by atoms with Crippen LogP contribution in [-0.4, -0.2) is 6.04 Å². The van der Waals surface area contributed by atoms with Crippen LogP contribution in [0.1, 0.15) is 34.1 Å². The first-order valence-corrected chi connectivity index (χ1v) is 3.84. The second-order valence-electron chi connectivity index (χ2n) is 3.79. The molecule has 0 fully saturated rings. The Hall–Kier alpha value is -0.300. The maximum absolute atomic E-state index is 5.80. The van der Waals surface area contributed by atoms with E-state index in [1.807, 2.05) is 0 Å². The quantitative estimate of drug-likeness (QED) is 0.587. The highest BCUT2D eigenvalue weighted by molar-refractivity contribution is 5.12. The van der Waals surface area contributed by atoms with Crippen LogP contribution in [0.2, 0.25) is 0 Å². The molecule has 0 saturated heterocycles. The monoisotopic (exact) mass is 141 g/mol. The fourth-order valence-corrected chi connectivity index (χ4v) is 0.803. The molecule has 0 aromatic heterocycles. The molecule has 0 amide bonds. The average molecular weight is 141 g/mol. The summed E-state index contributed by atoms with van der Waals surface area (Å²) in [6.07, 6.45) is 0.982. The lowest BCUT2D eigenvalue weighted by Crippen LogP contribution is -2.28. The second kappa shape index (κ2) is 3.20. The van der Waals surface area contributed by atoms with Crippen molar-refractivity contribution in [2.24, 2.45) is 11.1 Å².